The number of rotatable bonds is 4. The molecule has 1 saturated heterocycles. The fourth-order valence-electron chi connectivity index (χ4n) is 1.56. The Labute approximate surface area is 83.6 Å². The van der Waals surface area contributed by atoms with Crippen molar-refractivity contribution in [2.45, 2.75) is 38.4 Å². The molecule has 1 fully saturated rings. The second-order valence-electron chi connectivity index (χ2n) is 3.53. The summed E-state index contributed by atoms with van der Waals surface area (Å²) in [6.45, 7) is 4.67. The van der Waals surface area contributed by atoms with Gasteiger partial charge < -0.3 is 9.47 Å². The van der Waals surface area contributed by atoms with Crippen LogP contribution in [0.2, 0.25) is 0 Å². The van der Waals surface area contributed by atoms with E-state index in [9.17, 15) is 9.59 Å². The maximum absolute atomic E-state index is 11.1. The average molecular weight is 200 g/mol. The lowest BCUT2D eigenvalue weighted by Crippen LogP contribution is -2.49. The molecule has 1 rings (SSSR count). The van der Waals surface area contributed by atoms with Gasteiger partial charge in [-0.1, -0.05) is 13.8 Å². The van der Waals surface area contributed by atoms with Crippen molar-refractivity contribution < 1.29 is 19.1 Å². The van der Waals surface area contributed by atoms with Crippen LogP contribution in [-0.2, 0) is 19.1 Å². The molecule has 0 aliphatic carbocycles. The molecule has 1 heterocycles. The lowest BCUT2D eigenvalue weighted by molar-refractivity contribution is -0.201. The van der Waals surface area contributed by atoms with Crippen molar-refractivity contribution in [3.05, 3.63) is 0 Å². The van der Waals surface area contributed by atoms with E-state index in [1.54, 1.807) is 0 Å². The van der Waals surface area contributed by atoms with Crippen LogP contribution in [-0.4, -0.2) is 37.0 Å². The lowest BCUT2D eigenvalue weighted by Gasteiger charge is -2.38. The van der Waals surface area contributed by atoms with Gasteiger partial charge in [-0.15, -0.1) is 0 Å². The molecule has 0 amide bonds. The summed E-state index contributed by atoms with van der Waals surface area (Å²) in [4.78, 5) is 21.4. The number of hydrogen-bond acceptors (Lipinski definition) is 4. The van der Waals surface area contributed by atoms with Crippen LogP contribution in [0.1, 0.15) is 26.7 Å². The second-order valence-corrected chi connectivity index (χ2v) is 3.53. The Kier molecular flexibility index (Phi) is 3.77. The van der Waals surface area contributed by atoms with Gasteiger partial charge in [-0.25, -0.2) is 0 Å². The van der Waals surface area contributed by atoms with Crippen molar-refractivity contribution in [3.8, 4) is 0 Å². The lowest BCUT2D eigenvalue weighted by atomic mass is 9.96. The number of carbonyl (C=O) groups excluding carboxylic acids is 2. The highest BCUT2D eigenvalue weighted by molar-refractivity contribution is 6.27. The van der Waals surface area contributed by atoms with Gasteiger partial charge in [0, 0.05) is 0 Å². The molecule has 1 unspecified atom stereocenters. The normalized spacial score (nSPS) is 25.7. The first-order valence-electron chi connectivity index (χ1n) is 4.92. The summed E-state index contributed by atoms with van der Waals surface area (Å²) >= 11 is 0. The highest BCUT2D eigenvalue weighted by Gasteiger charge is 2.37. The number of Topliss-reactive ketones (excluding diaryl/α,β-unsaturated/α-hetero) is 1. The van der Waals surface area contributed by atoms with Crippen LogP contribution < -0.4 is 0 Å². The molecule has 0 saturated carbocycles. The Balaban J connectivity index is 2.67. The molecule has 1 aliphatic heterocycles. The standard InChI is InChI=1S/C10H16O4/c1-3-10(4-2)7-13-6-9(14-10)8(12)5-11/h5,9H,3-4,6-7H2,1-2H3. The van der Waals surface area contributed by atoms with E-state index < -0.39 is 11.9 Å². The van der Waals surface area contributed by atoms with Crippen LogP contribution >= 0.6 is 0 Å². The molecule has 0 aromatic carbocycles. The van der Waals surface area contributed by atoms with Crippen LogP contribution in [0.3, 0.4) is 0 Å². The Hall–Kier alpha value is -0.740. The summed E-state index contributed by atoms with van der Waals surface area (Å²) in [5, 5.41) is 0. The summed E-state index contributed by atoms with van der Waals surface area (Å²) in [6, 6.07) is 0. The van der Waals surface area contributed by atoms with Crippen LogP contribution in [0.5, 0.6) is 0 Å². The fourth-order valence-corrected chi connectivity index (χ4v) is 1.56. The SMILES string of the molecule is CCC1(CC)COCC(C(=O)C=O)O1. The maximum Gasteiger partial charge on any atom is 0.226 e. The molecule has 4 heteroatoms. The van der Waals surface area contributed by atoms with E-state index in [4.69, 9.17) is 9.47 Å². The van der Waals surface area contributed by atoms with Gasteiger partial charge in [-0.3, -0.25) is 9.59 Å². The first kappa shape index (κ1) is 11.3. The number of hydrogen-bond donors (Lipinski definition) is 0. The summed E-state index contributed by atoms with van der Waals surface area (Å²) in [7, 11) is 0. The minimum atomic E-state index is -0.707. The van der Waals surface area contributed by atoms with Crippen molar-refractivity contribution in [1.29, 1.82) is 0 Å². The molecule has 0 aromatic rings. The van der Waals surface area contributed by atoms with E-state index in [0.29, 0.717) is 12.9 Å². The third-order valence-corrected chi connectivity index (χ3v) is 2.75. The zero-order chi connectivity index (χ0) is 10.6. The minimum absolute atomic E-state index is 0.194. The van der Waals surface area contributed by atoms with Gasteiger partial charge in [-0.2, -0.15) is 0 Å². The van der Waals surface area contributed by atoms with Gasteiger partial charge in [0.25, 0.3) is 0 Å². The smallest absolute Gasteiger partial charge is 0.226 e. The van der Waals surface area contributed by atoms with E-state index in [1.807, 2.05) is 13.8 Å². The molecule has 0 aromatic heterocycles. The highest BCUT2D eigenvalue weighted by Crippen LogP contribution is 2.26. The third kappa shape index (κ3) is 2.19. The van der Waals surface area contributed by atoms with Crippen LogP contribution in [0.25, 0.3) is 0 Å². The Morgan fingerprint density at radius 3 is 2.64 bits per heavy atom. The zero-order valence-electron chi connectivity index (χ0n) is 8.62. The predicted octanol–water partition coefficient (Wildman–Crippen LogP) is 0.729. The van der Waals surface area contributed by atoms with Crippen LogP contribution in [0.4, 0.5) is 0 Å². The largest absolute Gasteiger partial charge is 0.375 e. The summed E-state index contributed by atoms with van der Waals surface area (Å²) in [6.07, 6.45) is 1.16. The quantitative estimate of drug-likeness (QED) is 0.496. The molecule has 0 spiro atoms. The summed E-state index contributed by atoms with van der Waals surface area (Å²) in [5.41, 5.74) is -0.387. The van der Waals surface area contributed by atoms with Crippen molar-refractivity contribution in [3.63, 3.8) is 0 Å². The summed E-state index contributed by atoms with van der Waals surface area (Å²) in [5.74, 6) is -0.532. The zero-order valence-corrected chi connectivity index (χ0v) is 8.62. The first-order chi connectivity index (χ1) is 6.67. The molecule has 0 N–H and O–H groups in total. The molecule has 4 nitrogen and oxygen atoms in total. The van der Waals surface area contributed by atoms with Gasteiger partial charge in [0.05, 0.1) is 18.8 Å². The molecule has 80 valence electrons. The van der Waals surface area contributed by atoms with Gasteiger partial charge in [0.1, 0.15) is 6.10 Å². The van der Waals surface area contributed by atoms with E-state index in [0.717, 1.165) is 12.8 Å². The number of carbonyl (C=O) groups is 2. The first-order valence-corrected chi connectivity index (χ1v) is 4.92. The number of ketones is 1. The highest BCUT2D eigenvalue weighted by atomic mass is 16.6. The van der Waals surface area contributed by atoms with E-state index in [1.165, 1.54) is 0 Å². The van der Waals surface area contributed by atoms with Crippen molar-refractivity contribution >= 4 is 12.1 Å². The molecule has 0 radical (unpaired) electrons. The second kappa shape index (κ2) is 4.66. The third-order valence-electron chi connectivity index (χ3n) is 2.75. The Morgan fingerprint density at radius 2 is 2.14 bits per heavy atom. The maximum atomic E-state index is 11.1. The van der Waals surface area contributed by atoms with Crippen LogP contribution in [0.15, 0.2) is 0 Å². The number of ether oxygens (including phenoxy) is 2. The minimum Gasteiger partial charge on any atom is -0.375 e. The van der Waals surface area contributed by atoms with E-state index in [2.05, 4.69) is 0 Å². The fraction of sp³-hybridized carbons (Fsp3) is 0.800. The topological polar surface area (TPSA) is 52.6 Å². The predicted molar refractivity (Wildman–Crippen MR) is 50.1 cm³/mol. The Bertz CT molecular complexity index is 220. The van der Waals surface area contributed by atoms with Gasteiger partial charge >= 0.3 is 0 Å². The molecule has 1 aliphatic rings. The molecular formula is C10H16O4. The average Bonchev–Trinajstić information content (AvgIpc) is 2.28. The number of aldehydes is 1. The van der Waals surface area contributed by atoms with Gasteiger partial charge in [0.2, 0.25) is 5.78 Å². The molecule has 14 heavy (non-hydrogen) atoms. The van der Waals surface area contributed by atoms with E-state index in [-0.39, 0.29) is 12.2 Å². The van der Waals surface area contributed by atoms with Gasteiger partial charge in [-0.05, 0) is 12.8 Å². The van der Waals surface area contributed by atoms with Crippen molar-refractivity contribution in [2.24, 2.45) is 0 Å². The van der Waals surface area contributed by atoms with Crippen molar-refractivity contribution in [2.75, 3.05) is 13.2 Å². The molecule has 0 bridgehead atoms. The molecule has 1 atom stereocenters. The van der Waals surface area contributed by atoms with Crippen LogP contribution in [0, 0.1) is 0 Å². The van der Waals surface area contributed by atoms with E-state index >= 15 is 0 Å². The molecular weight excluding hydrogens is 184 g/mol. The van der Waals surface area contributed by atoms with Crippen molar-refractivity contribution in [1.82, 2.24) is 0 Å². The summed E-state index contributed by atoms with van der Waals surface area (Å²) < 4.78 is 10.9. The monoisotopic (exact) mass is 200 g/mol. The van der Waals surface area contributed by atoms with Gasteiger partial charge in [0.15, 0.2) is 6.29 Å². The Morgan fingerprint density at radius 1 is 1.50 bits per heavy atom.